The molecule has 0 unspecified atom stereocenters. The number of hydrogen-bond acceptors (Lipinski definition) is 2. The van der Waals surface area contributed by atoms with Gasteiger partial charge in [-0.2, -0.15) is 13.2 Å². The lowest BCUT2D eigenvalue weighted by atomic mass is 10.2. The van der Waals surface area contributed by atoms with Crippen molar-refractivity contribution in [3.05, 3.63) is 34.7 Å². The van der Waals surface area contributed by atoms with Gasteiger partial charge in [0.1, 0.15) is 4.60 Å². The minimum atomic E-state index is -4.52. The Kier molecular flexibility index (Phi) is 2.38. The molecular weight excluding hydrogens is 273 g/mol. The first-order valence-electron chi connectivity index (χ1n) is 3.98. The van der Waals surface area contributed by atoms with E-state index in [2.05, 4.69) is 25.9 Å². The lowest BCUT2D eigenvalue weighted by molar-refractivity contribution is -0.144. The van der Waals surface area contributed by atoms with Crippen LogP contribution in [0.5, 0.6) is 0 Å². The van der Waals surface area contributed by atoms with Crippen LogP contribution >= 0.6 is 15.9 Å². The van der Waals surface area contributed by atoms with Crippen molar-refractivity contribution in [2.24, 2.45) is 0 Å². The number of halogens is 4. The van der Waals surface area contributed by atoms with E-state index >= 15 is 0 Å². The molecule has 0 bridgehead atoms. The summed E-state index contributed by atoms with van der Waals surface area (Å²) in [5, 5.41) is 0.561. The van der Waals surface area contributed by atoms with Gasteiger partial charge >= 0.3 is 6.18 Å². The van der Waals surface area contributed by atoms with Gasteiger partial charge in [-0.25, -0.2) is 9.97 Å². The maximum absolute atomic E-state index is 12.3. The molecule has 78 valence electrons. The molecule has 15 heavy (non-hydrogen) atoms. The van der Waals surface area contributed by atoms with Gasteiger partial charge in [-0.1, -0.05) is 18.2 Å². The average molecular weight is 277 g/mol. The smallest absolute Gasteiger partial charge is 0.224 e. The highest BCUT2D eigenvalue weighted by molar-refractivity contribution is 9.10. The molecule has 1 heterocycles. The molecule has 6 heteroatoms. The lowest BCUT2D eigenvalue weighted by Gasteiger charge is -2.06. The van der Waals surface area contributed by atoms with Crippen LogP contribution in [0.4, 0.5) is 13.2 Å². The summed E-state index contributed by atoms with van der Waals surface area (Å²) in [5.41, 5.74) is 0.270. The molecule has 0 aliphatic heterocycles. The fourth-order valence-electron chi connectivity index (χ4n) is 1.16. The van der Waals surface area contributed by atoms with Gasteiger partial charge in [0, 0.05) is 5.39 Å². The van der Waals surface area contributed by atoms with Crippen molar-refractivity contribution >= 4 is 26.8 Å². The first kappa shape index (κ1) is 10.4. The van der Waals surface area contributed by atoms with Gasteiger partial charge in [0.05, 0.1) is 5.52 Å². The molecule has 1 aromatic heterocycles. The van der Waals surface area contributed by atoms with E-state index in [9.17, 15) is 13.2 Å². The fraction of sp³-hybridized carbons (Fsp3) is 0.111. The molecule has 2 nitrogen and oxygen atoms in total. The molecule has 0 N–H and O–H groups in total. The number of para-hydroxylation sites is 1. The van der Waals surface area contributed by atoms with E-state index in [4.69, 9.17) is 0 Å². The van der Waals surface area contributed by atoms with Gasteiger partial charge in [-0.05, 0) is 22.0 Å². The number of benzene rings is 1. The van der Waals surface area contributed by atoms with Gasteiger partial charge in [-0.3, -0.25) is 0 Å². The van der Waals surface area contributed by atoms with Crippen molar-refractivity contribution in [1.29, 1.82) is 0 Å². The van der Waals surface area contributed by atoms with E-state index in [1.165, 1.54) is 6.07 Å². The molecule has 0 aliphatic rings. The predicted octanol–water partition coefficient (Wildman–Crippen LogP) is 3.41. The molecule has 2 rings (SSSR count). The lowest BCUT2D eigenvalue weighted by Crippen LogP contribution is -2.11. The molecule has 0 amide bonds. The van der Waals surface area contributed by atoms with Crippen LogP contribution in [0.25, 0.3) is 10.9 Å². The average Bonchev–Trinajstić information content (AvgIpc) is 2.16. The zero-order chi connectivity index (χ0) is 11.1. The number of nitrogens with zero attached hydrogens (tertiary/aromatic N) is 2. The fourth-order valence-corrected chi connectivity index (χ4v) is 1.67. The van der Waals surface area contributed by atoms with Crippen molar-refractivity contribution in [3.63, 3.8) is 0 Å². The Balaban J connectivity index is 2.73. The highest BCUT2D eigenvalue weighted by Gasteiger charge is 2.35. The second-order valence-corrected chi connectivity index (χ2v) is 3.60. The maximum atomic E-state index is 12.3. The van der Waals surface area contributed by atoms with Crippen LogP contribution in [0.2, 0.25) is 0 Å². The van der Waals surface area contributed by atoms with Gasteiger partial charge in [0.25, 0.3) is 0 Å². The molecule has 0 fully saturated rings. The van der Waals surface area contributed by atoms with E-state index in [1.54, 1.807) is 18.2 Å². The van der Waals surface area contributed by atoms with Crippen LogP contribution in [0.3, 0.4) is 0 Å². The van der Waals surface area contributed by atoms with Crippen molar-refractivity contribution in [3.8, 4) is 0 Å². The Morgan fingerprint density at radius 3 is 2.40 bits per heavy atom. The summed E-state index contributed by atoms with van der Waals surface area (Å²) in [7, 11) is 0. The third kappa shape index (κ3) is 1.94. The van der Waals surface area contributed by atoms with Crippen LogP contribution in [-0.2, 0) is 6.18 Å². The van der Waals surface area contributed by atoms with Crippen LogP contribution in [0.1, 0.15) is 5.82 Å². The molecule has 1 aromatic carbocycles. The normalized spacial score (nSPS) is 12.0. The highest BCUT2D eigenvalue weighted by atomic mass is 79.9. The Bertz CT molecular complexity index is 510. The SMILES string of the molecule is FC(F)(F)c1nc(Br)c2ccccc2n1. The quantitative estimate of drug-likeness (QED) is 0.689. The van der Waals surface area contributed by atoms with Crippen LogP contribution < -0.4 is 0 Å². The van der Waals surface area contributed by atoms with Crippen molar-refractivity contribution in [1.82, 2.24) is 9.97 Å². The minimum Gasteiger partial charge on any atom is -0.224 e. The Morgan fingerprint density at radius 2 is 1.73 bits per heavy atom. The van der Waals surface area contributed by atoms with E-state index in [0.29, 0.717) is 5.39 Å². The second-order valence-electron chi connectivity index (χ2n) is 2.85. The zero-order valence-electron chi connectivity index (χ0n) is 7.22. The topological polar surface area (TPSA) is 25.8 Å². The molecule has 2 aromatic rings. The summed E-state index contributed by atoms with van der Waals surface area (Å²) in [6.07, 6.45) is -4.52. The summed E-state index contributed by atoms with van der Waals surface area (Å²) in [5.74, 6) is -1.13. The number of fused-ring (bicyclic) bond motifs is 1. The van der Waals surface area contributed by atoms with E-state index in [-0.39, 0.29) is 10.1 Å². The Hall–Kier alpha value is -1.17. The summed E-state index contributed by atoms with van der Waals surface area (Å²) in [6, 6.07) is 6.50. The number of rotatable bonds is 0. The van der Waals surface area contributed by atoms with Gasteiger partial charge in [0.15, 0.2) is 0 Å². The first-order chi connectivity index (χ1) is 6.98. The Labute approximate surface area is 91.3 Å². The van der Waals surface area contributed by atoms with Crippen LogP contribution in [0.15, 0.2) is 28.9 Å². The third-order valence-electron chi connectivity index (χ3n) is 1.81. The summed E-state index contributed by atoms with van der Waals surface area (Å²) in [6.45, 7) is 0. The van der Waals surface area contributed by atoms with E-state index in [0.717, 1.165) is 0 Å². The largest absolute Gasteiger partial charge is 0.451 e. The monoisotopic (exact) mass is 276 g/mol. The molecule has 0 radical (unpaired) electrons. The second kappa shape index (κ2) is 3.44. The Morgan fingerprint density at radius 1 is 1.07 bits per heavy atom. The third-order valence-corrected chi connectivity index (χ3v) is 2.41. The van der Waals surface area contributed by atoms with Gasteiger partial charge in [0.2, 0.25) is 5.82 Å². The summed E-state index contributed by atoms with van der Waals surface area (Å²) < 4.78 is 37.2. The van der Waals surface area contributed by atoms with Crippen molar-refractivity contribution < 1.29 is 13.2 Å². The number of aromatic nitrogens is 2. The standard InChI is InChI=1S/C9H4BrF3N2/c10-7-5-3-1-2-4-6(5)14-8(15-7)9(11,12)13/h1-4H. The van der Waals surface area contributed by atoms with Gasteiger partial charge < -0.3 is 0 Å². The summed E-state index contributed by atoms with van der Waals surface area (Å²) >= 11 is 2.99. The molecule has 0 atom stereocenters. The molecule has 0 saturated carbocycles. The van der Waals surface area contributed by atoms with Gasteiger partial charge in [-0.15, -0.1) is 0 Å². The molecule has 0 saturated heterocycles. The zero-order valence-corrected chi connectivity index (χ0v) is 8.80. The van der Waals surface area contributed by atoms with E-state index in [1.807, 2.05) is 0 Å². The predicted molar refractivity (Wildman–Crippen MR) is 52.2 cm³/mol. The van der Waals surface area contributed by atoms with Crippen molar-refractivity contribution in [2.45, 2.75) is 6.18 Å². The highest BCUT2D eigenvalue weighted by Crippen LogP contribution is 2.29. The van der Waals surface area contributed by atoms with E-state index < -0.39 is 12.0 Å². The molecule has 0 aliphatic carbocycles. The minimum absolute atomic E-state index is 0.153. The molecule has 0 spiro atoms. The van der Waals surface area contributed by atoms with Crippen LogP contribution in [-0.4, -0.2) is 9.97 Å². The van der Waals surface area contributed by atoms with Crippen LogP contribution in [0, 0.1) is 0 Å². The summed E-state index contributed by atoms with van der Waals surface area (Å²) in [4.78, 5) is 6.79. The van der Waals surface area contributed by atoms with Crippen molar-refractivity contribution in [2.75, 3.05) is 0 Å². The maximum Gasteiger partial charge on any atom is 0.451 e. The molecular formula is C9H4BrF3N2. The number of hydrogen-bond donors (Lipinski definition) is 0. The number of alkyl halides is 3. The first-order valence-corrected chi connectivity index (χ1v) is 4.77.